The Morgan fingerprint density at radius 2 is 2.05 bits per heavy atom. The molecule has 6 heteroatoms. The lowest BCUT2D eigenvalue weighted by Crippen LogP contribution is -2.31. The van der Waals surface area contributed by atoms with E-state index in [0.29, 0.717) is 17.1 Å². The molecule has 0 spiro atoms. The molecule has 0 atom stereocenters. The monoisotopic (exact) mass is 280 g/mol. The number of halogens is 1. The van der Waals surface area contributed by atoms with E-state index in [1.165, 1.54) is 0 Å². The fourth-order valence-electron chi connectivity index (χ4n) is 1.99. The number of benzene rings is 1. The first-order valence-corrected chi connectivity index (χ1v) is 6.17. The molecule has 0 amide bonds. The van der Waals surface area contributed by atoms with Crippen molar-refractivity contribution in [1.82, 2.24) is 9.55 Å². The smallest absolute Gasteiger partial charge is 0.335 e. The van der Waals surface area contributed by atoms with Crippen LogP contribution in [0.3, 0.4) is 0 Å². The Morgan fingerprint density at radius 3 is 2.63 bits per heavy atom. The van der Waals surface area contributed by atoms with Crippen molar-refractivity contribution < 1.29 is 5.11 Å². The molecule has 1 aromatic carbocycles. The number of aromatic amines is 1. The van der Waals surface area contributed by atoms with Crippen LogP contribution in [0.25, 0.3) is 5.69 Å². The zero-order chi connectivity index (χ0) is 14.2. The maximum absolute atomic E-state index is 11.9. The number of nitrogens with zero attached hydrogens (tertiary/aromatic N) is 1. The van der Waals surface area contributed by atoms with Gasteiger partial charge in [0.25, 0.3) is 5.56 Å². The molecule has 0 aliphatic carbocycles. The molecule has 0 aliphatic heterocycles. The summed E-state index contributed by atoms with van der Waals surface area (Å²) in [5, 5.41) is 10.5. The van der Waals surface area contributed by atoms with Crippen molar-refractivity contribution in [1.29, 1.82) is 0 Å². The molecule has 1 aromatic heterocycles. The van der Waals surface area contributed by atoms with Gasteiger partial charge in [0.15, 0.2) is 0 Å². The molecule has 0 aliphatic rings. The van der Waals surface area contributed by atoms with Crippen LogP contribution in [0.2, 0.25) is 5.02 Å². The molecule has 19 heavy (non-hydrogen) atoms. The predicted octanol–water partition coefficient (Wildman–Crippen LogP) is 1.76. The van der Waals surface area contributed by atoms with Gasteiger partial charge in [-0.3, -0.25) is 9.78 Å². The Morgan fingerprint density at radius 1 is 1.37 bits per heavy atom. The van der Waals surface area contributed by atoms with Crippen molar-refractivity contribution in [3.05, 3.63) is 55.2 Å². The molecular formula is C13H13ClN2O3. The maximum Gasteiger partial charge on any atom is 0.335 e. The number of para-hydroxylation sites is 1. The molecule has 2 rings (SSSR count). The third-order valence-corrected chi connectivity index (χ3v) is 3.25. The van der Waals surface area contributed by atoms with Crippen LogP contribution in [-0.4, -0.2) is 14.7 Å². The number of aromatic nitrogens is 2. The van der Waals surface area contributed by atoms with Gasteiger partial charge in [-0.1, -0.05) is 30.7 Å². The highest BCUT2D eigenvalue weighted by Gasteiger charge is 2.17. The van der Waals surface area contributed by atoms with E-state index in [-0.39, 0.29) is 11.4 Å². The second-order valence-electron chi connectivity index (χ2n) is 4.16. The first kappa shape index (κ1) is 13.4. The second kappa shape index (κ2) is 4.93. The van der Waals surface area contributed by atoms with E-state index in [1.807, 2.05) is 0 Å². The van der Waals surface area contributed by atoms with Crippen molar-refractivity contribution >= 4 is 11.6 Å². The van der Waals surface area contributed by atoms with E-state index in [9.17, 15) is 14.7 Å². The van der Waals surface area contributed by atoms with Gasteiger partial charge >= 0.3 is 5.69 Å². The van der Waals surface area contributed by atoms with Gasteiger partial charge in [0, 0.05) is 0 Å². The highest BCUT2D eigenvalue weighted by Crippen LogP contribution is 2.26. The minimum Gasteiger partial charge on any atom is -0.494 e. The summed E-state index contributed by atoms with van der Waals surface area (Å²) >= 11 is 6.08. The van der Waals surface area contributed by atoms with Crippen LogP contribution < -0.4 is 11.2 Å². The van der Waals surface area contributed by atoms with Crippen molar-refractivity contribution in [3.63, 3.8) is 0 Å². The molecule has 0 saturated heterocycles. The van der Waals surface area contributed by atoms with Crippen LogP contribution in [0.4, 0.5) is 0 Å². The first-order chi connectivity index (χ1) is 8.97. The Hall–Kier alpha value is -2.01. The number of aryl methyl sites for hydroxylation is 1. The van der Waals surface area contributed by atoms with E-state index < -0.39 is 11.2 Å². The van der Waals surface area contributed by atoms with Crippen LogP contribution in [0.5, 0.6) is 5.88 Å². The maximum atomic E-state index is 11.9. The summed E-state index contributed by atoms with van der Waals surface area (Å²) in [6, 6.07) is 5.13. The zero-order valence-electron chi connectivity index (χ0n) is 10.5. The van der Waals surface area contributed by atoms with Gasteiger partial charge in [-0.05, 0) is 25.0 Å². The van der Waals surface area contributed by atoms with E-state index in [2.05, 4.69) is 4.98 Å². The Balaban J connectivity index is 2.91. The minimum atomic E-state index is -0.712. The Labute approximate surface area is 114 Å². The average Bonchev–Trinajstić information content (AvgIpc) is 2.33. The summed E-state index contributed by atoms with van der Waals surface area (Å²) < 4.78 is 1.03. The summed E-state index contributed by atoms with van der Waals surface area (Å²) in [7, 11) is 0. The standard InChI is InChI=1S/C13H13ClN2O3/c1-3-8-11(17)15-13(19)16(12(8)18)10-7(2)5-4-6-9(10)14/h4-6,18H,3H2,1-2H3,(H,15,17,19). The SMILES string of the molecule is CCc1c(O)n(-c2c(C)cccc2Cl)c(=O)[nH]c1=O. The molecule has 0 radical (unpaired) electrons. The van der Waals surface area contributed by atoms with E-state index in [4.69, 9.17) is 11.6 Å². The molecule has 0 saturated carbocycles. The third kappa shape index (κ3) is 2.17. The van der Waals surface area contributed by atoms with Gasteiger partial charge in [-0.25, -0.2) is 9.36 Å². The van der Waals surface area contributed by atoms with Gasteiger partial charge < -0.3 is 5.11 Å². The number of aromatic hydroxyl groups is 1. The second-order valence-corrected chi connectivity index (χ2v) is 4.56. The molecule has 5 nitrogen and oxygen atoms in total. The van der Waals surface area contributed by atoms with Gasteiger partial charge in [-0.2, -0.15) is 0 Å². The highest BCUT2D eigenvalue weighted by atomic mass is 35.5. The average molecular weight is 281 g/mol. The van der Waals surface area contributed by atoms with E-state index in [1.54, 1.807) is 32.0 Å². The largest absolute Gasteiger partial charge is 0.494 e. The Bertz CT molecular complexity index is 726. The van der Waals surface area contributed by atoms with Crippen LogP contribution in [0, 0.1) is 6.92 Å². The van der Waals surface area contributed by atoms with Crippen molar-refractivity contribution in [2.45, 2.75) is 20.3 Å². The van der Waals surface area contributed by atoms with Gasteiger partial charge in [-0.15, -0.1) is 0 Å². The third-order valence-electron chi connectivity index (χ3n) is 2.95. The molecular weight excluding hydrogens is 268 g/mol. The summed E-state index contributed by atoms with van der Waals surface area (Å²) in [5.74, 6) is -0.368. The molecule has 100 valence electrons. The molecule has 0 unspecified atom stereocenters. The molecule has 2 N–H and O–H groups in total. The topological polar surface area (TPSA) is 75.1 Å². The number of H-pyrrole nitrogens is 1. The first-order valence-electron chi connectivity index (χ1n) is 5.80. The van der Waals surface area contributed by atoms with Gasteiger partial charge in [0.05, 0.1) is 16.3 Å². The lowest BCUT2D eigenvalue weighted by molar-refractivity contribution is 0.423. The number of hydrogen-bond donors (Lipinski definition) is 2. The normalized spacial score (nSPS) is 10.7. The van der Waals surface area contributed by atoms with Crippen molar-refractivity contribution in [3.8, 4) is 11.6 Å². The van der Waals surface area contributed by atoms with Crippen LogP contribution in [-0.2, 0) is 6.42 Å². The van der Waals surface area contributed by atoms with Crippen LogP contribution >= 0.6 is 11.6 Å². The molecule has 0 bridgehead atoms. The molecule has 1 heterocycles. The summed E-state index contributed by atoms with van der Waals surface area (Å²) in [6.07, 6.45) is 0.310. The van der Waals surface area contributed by atoms with Crippen molar-refractivity contribution in [2.24, 2.45) is 0 Å². The van der Waals surface area contributed by atoms with Crippen LogP contribution in [0.15, 0.2) is 27.8 Å². The summed E-state index contributed by atoms with van der Waals surface area (Å²) in [4.78, 5) is 25.7. The molecule has 2 aromatic rings. The lowest BCUT2D eigenvalue weighted by atomic mass is 10.2. The Kier molecular flexibility index (Phi) is 3.48. The van der Waals surface area contributed by atoms with Gasteiger partial charge in [0.2, 0.25) is 5.88 Å². The predicted molar refractivity (Wildman–Crippen MR) is 73.4 cm³/mol. The zero-order valence-corrected chi connectivity index (χ0v) is 11.3. The minimum absolute atomic E-state index is 0.152. The van der Waals surface area contributed by atoms with Crippen LogP contribution in [0.1, 0.15) is 18.1 Å². The van der Waals surface area contributed by atoms with E-state index in [0.717, 1.165) is 10.1 Å². The summed E-state index contributed by atoms with van der Waals surface area (Å²) in [6.45, 7) is 3.49. The molecule has 0 fully saturated rings. The number of hydrogen-bond acceptors (Lipinski definition) is 3. The number of rotatable bonds is 2. The lowest BCUT2D eigenvalue weighted by Gasteiger charge is -2.14. The fraction of sp³-hybridized carbons (Fsp3) is 0.231. The number of nitrogens with one attached hydrogen (secondary N) is 1. The summed E-state index contributed by atoms with van der Waals surface area (Å²) in [5.41, 5.74) is -0.0441. The highest BCUT2D eigenvalue weighted by molar-refractivity contribution is 6.32. The van der Waals surface area contributed by atoms with Gasteiger partial charge in [0.1, 0.15) is 0 Å². The van der Waals surface area contributed by atoms with Crippen molar-refractivity contribution in [2.75, 3.05) is 0 Å². The van der Waals surface area contributed by atoms with E-state index >= 15 is 0 Å². The quantitative estimate of drug-likeness (QED) is 0.880. The fourth-order valence-corrected chi connectivity index (χ4v) is 2.30.